The maximum absolute atomic E-state index is 12.2. The summed E-state index contributed by atoms with van der Waals surface area (Å²) in [5.74, 6) is 3.62. The van der Waals surface area contributed by atoms with Gasteiger partial charge >= 0.3 is 0 Å². The molecule has 6 rings (SSSR count). The van der Waals surface area contributed by atoms with E-state index < -0.39 is 0 Å². The van der Waals surface area contributed by atoms with Crippen molar-refractivity contribution in [3.05, 3.63) is 59.8 Å². The fourth-order valence-corrected chi connectivity index (χ4v) is 5.35. The van der Waals surface area contributed by atoms with Gasteiger partial charge in [-0.1, -0.05) is 32.6 Å². The second-order valence-corrected chi connectivity index (χ2v) is 11.0. The van der Waals surface area contributed by atoms with Crippen LogP contribution in [0, 0.1) is 5.41 Å². The summed E-state index contributed by atoms with van der Waals surface area (Å²) in [5, 5.41) is 21.7. The van der Waals surface area contributed by atoms with E-state index in [0.29, 0.717) is 56.4 Å². The number of rotatable bonds is 8. The van der Waals surface area contributed by atoms with Crippen LogP contribution >= 0.6 is 0 Å². The molecule has 0 bridgehead atoms. The minimum atomic E-state index is -0.222. The van der Waals surface area contributed by atoms with Crippen LogP contribution in [0.4, 0.5) is 11.8 Å². The predicted molar refractivity (Wildman–Crippen MR) is 156 cm³/mol. The Balaban J connectivity index is 1.39. The molecular formula is C29H34N10O2. The Bertz CT molecular complexity index is 1730. The summed E-state index contributed by atoms with van der Waals surface area (Å²) in [7, 11) is 1.92. The highest BCUT2D eigenvalue weighted by molar-refractivity contribution is 5.95. The third-order valence-electron chi connectivity index (χ3n) is 7.73. The predicted octanol–water partition coefficient (Wildman–Crippen LogP) is 1.37. The molecule has 0 spiro atoms. The summed E-state index contributed by atoms with van der Waals surface area (Å²) < 4.78 is 8.62. The monoisotopic (exact) mass is 554 g/mol. The Morgan fingerprint density at radius 2 is 2.05 bits per heavy atom. The van der Waals surface area contributed by atoms with Crippen molar-refractivity contribution in [1.29, 1.82) is 0 Å². The number of aromatic amines is 1. The van der Waals surface area contributed by atoms with Crippen molar-refractivity contribution in [2.45, 2.75) is 26.7 Å². The number of aromatic nitrogens is 7. The number of aryl methyl sites for hydroxylation is 1. The lowest BCUT2D eigenvalue weighted by molar-refractivity contribution is -0.126. The van der Waals surface area contributed by atoms with Gasteiger partial charge in [0.05, 0.1) is 16.8 Å². The van der Waals surface area contributed by atoms with Crippen molar-refractivity contribution < 1.29 is 9.53 Å². The average Bonchev–Trinajstić information content (AvgIpc) is 3.62. The van der Waals surface area contributed by atoms with Crippen molar-refractivity contribution >= 4 is 40.4 Å². The van der Waals surface area contributed by atoms with Gasteiger partial charge in [-0.2, -0.15) is 10.1 Å². The number of carbonyl (C=O) groups excluding carboxylic acids is 1. The lowest BCUT2D eigenvalue weighted by Gasteiger charge is -2.35. The number of fused-ring (bicyclic) bond motifs is 2. The number of H-pyrrole nitrogens is 1. The van der Waals surface area contributed by atoms with E-state index in [4.69, 9.17) is 14.7 Å². The van der Waals surface area contributed by atoms with E-state index in [0.717, 1.165) is 39.8 Å². The molecule has 1 aromatic carbocycles. The second kappa shape index (κ2) is 10.7. The molecule has 12 heteroatoms. The summed E-state index contributed by atoms with van der Waals surface area (Å²) >= 11 is 0. The summed E-state index contributed by atoms with van der Waals surface area (Å²) in [5.41, 5.74) is 0.492. The molecule has 212 valence electrons. The molecule has 1 fully saturated rings. The summed E-state index contributed by atoms with van der Waals surface area (Å²) in [6, 6.07) is 5.95. The number of nitrogens with zero attached hydrogens (tertiary/aromatic N) is 8. The van der Waals surface area contributed by atoms with Crippen LogP contribution in [-0.4, -0.2) is 78.5 Å². The number of amides is 1. The highest BCUT2D eigenvalue weighted by atomic mass is 16.5. The van der Waals surface area contributed by atoms with E-state index in [-0.39, 0.29) is 11.3 Å². The van der Waals surface area contributed by atoms with Crippen LogP contribution in [0.15, 0.2) is 43.4 Å². The number of hydrogen-bond acceptors (Lipinski definition) is 9. The Morgan fingerprint density at radius 3 is 2.80 bits per heavy atom. The van der Waals surface area contributed by atoms with Gasteiger partial charge in [0.1, 0.15) is 29.2 Å². The van der Waals surface area contributed by atoms with E-state index in [2.05, 4.69) is 57.1 Å². The third kappa shape index (κ3) is 5.12. The number of nitrogens with one attached hydrogen (secondary N) is 2. The largest absolute Gasteiger partial charge is 0.458 e. The fraction of sp³-hybridized carbons (Fsp3) is 0.379. The molecule has 0 atom stereocenters. The highest BCUT2D eigenvalue weighted by Gasteiger charge is 2.30. The zero-order valence-corrected chi connectivity index (χ0v) is 23.6. The Kier molecular flexibility index (Phi) is 6.90. The standard InChI is InChI=1S/C29H34N10O2/c1-5-24(40)38-13-15-39(16-14-38)27-19-7-6-8-22(41-26-20-17-31-35-21(20)9-11-29(26,2)3)25(19)33-28(34-27)30-12-10-23-36-32-18-37(23)4/h5-9,17-18,35H,1,10-16H2,2-4H3,(H,30,33,34). The number of ether oxygens (including phenoxy) is 1. The molecule has 1 amide bonds. The molecule has 1 saturated heterocycles. The van der Waals surface area contributed by atoms with Crippen molar-refractivity contribution in [2.24, 2.45) is 12.5 Å². The minimum absolute atomic E-state index is 0.0537. The molecule has 1 aliphatic carbocycles. The molecule has 4 aromatic rings. The van der Waals surface area contributed by atoms with Gasteiger partial charge in [0, 0.05) is 57.0 Å². The summed E-state index contributed by atoms with van der Waals surface area (Å²) in [6.07, 6.45) is 8.52. The van der Waals surface area contributed by atoms with Gasteiger partial charge < -0.3 is 24.4 Å². The van der Waals surface area contributed by atoms with Crippen molar-refractivity contribution in [3.63, 3.8) is 0 Å². The van der Waals surface area contributed by atoms with Crippen LogP contribution in [0.5, 0.6) is 5.75 Å². The number of benzene rings is 1. The zero-order valence-electron chi connectivity index (χ0n) is 23.6. The normalized spacial score (nSPS) is 16.3. The number of carbonyl (C=O) groups is 1. The first-order valence-corrected chi connectivity index (χ1v) is 13.8. The fourth-order valence-electron chi connectivity index (χ4n) is 5.35. The molecular weight excluding hydrogens is 520 g/mol. The van der Waals surface area contributed by atoms with Crippen LogP contribution in [0.25, 0.3) is 22.7 Å². The quantitative estimate of drug-likeness (QED) is 0.310. The van der Waals surface area contributed by atoms with Crippen molar-refractivity contribution in [1.82, 2.24) is 39.8 Å². The molecule has 0 unspecified atom stereocenters. The molecule has 41 heavy (non-hydrogen) atoms. The maximum atomic E-state index is 12.2. The van der Waals surface area contributed by atoms with Crippen LogP contribution in [0.1, 0.15) is 26.1 Å². The Morgan fingerprint density at radius 1 is 1.22 bits per heavy atom. The van der Waals surface area contributed by atoms with Crippen LogP contribution in [0.3, 0.4) is 0 Å². The van der Waals surface area contributed by atoms with Crippen molar-refractivity contribution in [3.8, 4) is 5.75 Å². The first kappa shape index (κ1) is 26.5. The van der Waals surface area contributed by atoms with Gasteiger partial charge in [-0.15, -0.1) is 10.2 Å². The SMILES string of the molecule is C=CC(=O)N1CCN(c2nc(NCCc3nncn3C)nc3c(OC4=c5cn[nH]c5=CCC4(C)C)cccc23)CC1. The smallest absolute Gasteiger partial charge is 0.246 e. The Hall–Kier alpha value is -4.74. The highest BCUT2D eigenvalue weighted by Crippen LogP contribution is 2.38. The minimum Gasteiger partial charge on any atom is -0.458 e. The molecule has 2 N–H and O–H groups in total. The van der Waals surface area contributed by atoms with Gasteiger partial charge in [0.15, 0.2) is 5.75 Å². The number of anilines is 2. The molecule has 3 aromatic heterocycles. The molecule has 12 nitrogen and oxygen atoms in total. The summed E-state index contributed by atoms with van der Waals surface area (Å²) in [4.78, 5) is 26.1. The van der Waals surface area contributed by atoms with Crippen LogP contribution < -0.4 is 25.5 Å². The first-order valence-electron chi connectivity index (χ1n) is 13.8. The molecule has 2 aliphatic rings. The number of para-hydroxylation sites is 1. The van der Waals surface area contributed by atoms with Gasteiger partial charge in [-0.25, -0.2) is 4.98 Å². The van der Waals surface area contributed by atoms with Crippen molar-refractivity contribution in [2.75, 3.05) is 42.9 Å². The lowest BCUT2D eigenvalue weighted by Crippen LogP contribution is -2.48. The average molecular weight is 555 g/mol. The van der Waals surface area contributed by atoms with Gasteiger partial charge in [0.2, 0.25) is 11.9 Å². The van der Waals surface area contributed by atoms with E-state index >= 15 is 0 Å². The van der Waals surface area contributed by atoms with Gasteiger partial charge in [0.25, 0.3) is 0 Å². The number of hydrogen-bond donors (Lipinski definition) is 2. The lowest BCUT2D eigenvalue weighted by atomic mass is 9.83. The van der Waals surface area contributed by atoms with E-state index in [9.17, 15) is 4.79 Å². The zero-order chi connectivity index (χ0) is 28.6. The first-order chi connectivity index (χ1) is 19.8. The molecule has 4 heterocycles. The Labute approximate surface area is 237 Å². The molecule has 0 radical (unpaired) electrons. The maximum Gasteiger partial charge on any atom is 0.246 e. The molecule has 0 saturated carbocycles. The van der Waals surface area contributed by atoms with Gasteiger partial charge in [-0.05, 0) is 24.6 Å². The van der Waals surface area contributed by atoms with Crippen LogP contribution in [-0.2, 0) is 18.3 Å². The summed E-state index contributed by atoms with van der Waals surface area (Å²) in [6.45, 7) is 11.0. The van der Waals surface area contributed by atoms with Gasteiger partial charge in [-0.3, -0.25) is 9.89 Å². The number of piperazine rings is 1. The topological polar surface area (TPSA) is 130 Å². The molecule has 1 aliphatic heterocycles. The third-order valence-corrected chi connectivity index (χ3v) is 7.73. The van der Waals surface area contributed by atoms with E-state index in [1.165, 1.54) is 6.08 Å². The second-order valence-electron chi connectivity index (χ2n) is 11.0. The van der Waals surface area contributed by atoms with E-state index in [1.807, 2.05) is 40.9 Å². The van der Waals surface area contributed by atoms with E-state index in [1.54, 1.807) is 6.33 Å². The van der Waals surface area contributed by atoms with Crippen LogP contribution in [0.2, 0.25) is 0 Å².